The topological polar surface area (TPSA) is 59.3 Å². The van der Waals surface area contributed by atoms with E-state index in [0.29, 0.717) is 17.7 Å². The molecule has 1 aliphatic carbocycles. The molecule has 0 radical (unpaired) electrons. The van der Waals surface area contributed by atoms with Crippen LogP contribution in [-0.4, -0.2) is 17.9 Å². The van der Waals surface area contributed by atoms with Crippen molar-refractivity contribution in [2.45, 2.75) is 51.0 Å². The summed E-state index contributed by atoms with van der Waals surface area (Å²) in [7, 11) is 0. The van der Waals surface area contributed by atoms with Gasteiger partial charge in [0.1, 0.15) is 11.3 Å². The minimum absolute atomic E-state index is 0.105. The Bertz CT molecular complexity index is 838. The third-order valence-electron chi connectivity index (χ3n) is 4.58. The maximum Gasteiger partial charge on any atom is 0.349 e. The molecule has 138 valence electrons. The number of hydrogen-bond acceptors (Lipinski definition) is 3. The quantitative estimate of drug-likeness (QED) is 0.854. The fraction of sp³-hybridized carbons (Fsp3) is 0.400. The van der Waals surface area contributed by atoms with E-state index in [0.717, 1.165) is 12.8 Å². The third kappa shape index (κ3) is 4.36. The van der Waals surface area contributed by atoms with Crippen LogP contribution < -0.4 is 10.9 Å². The van der Waals surface area contributed by atoms with E-state index in [1.165, 1.54) is 5.56 Å². The molecule has 1 aliphatic rings. The standard InChI is InChI=1S/C20H21F2NO3/c1-13-10-16(9-5-8-14-6-3-2-4-7-14)26-19(25)17(13)18(24)23-15-11-20(21,22)12-15/h2-4,6-7,10,15H,5,8-9,11-12H2,1H3,(H,23,24). The number of hydrogen-bond donors (Lipinski definition) is 1. The zero-order chi connectivity index (χ0) is 18.7. The molecular weight excluding hydrogens is 340 g/mol. The molecule has 1 aromatic carbocycles. The summed E-state index contributed by atoms with van der Waals surface area (Å²) in [6.45, 7) is 1.65. The number of alkyl halides is 2. The fourth-order valence-electron chi connectivity index (χ4n) is 3.20. The summed E-state index contributed by atoms with van der Waals surface area (Å²) in [5.74, 6) is -2.84. The van der Waals surface area contributed by atoms with Gasteiger partial charge in [-0.3, -0.25) is 4.79 Å². The van der Waals surface area contributed by atoms with Crippen LogP contribution in [0.5, 0.6) is 0 Å². The lowest BCUT2D eigenvalue weighted by atomic mass is 9.88. The highest BCUT2D eigenvalue weighted by atomic mass is 19.3. The normalized spacial score (nSPS) is 16.1. The molecular formula is C20H21F2NO3. The zero-order valence-corrected chi connectivity index (χ0v) is 14.6. The maximum atomic E-state index is 12.9. The van der Waals surface area contributed by atoms with E-state index < -0.39 is 23.5 Å². The highest BCUT2D eigenvalue weighted by Gasteiger charge is 2.46. The predicted molar refractivity (Wildman–Crippen MR) is 93.6 cm³/mol. The number of amides is 1. The van der Waals surface area contributed by atoms with Crippen LogP contribution in [0.4, 0.5) is 8.78 Å². The number of nitrogens with one attached hydrogen (secondary N) is 1. The second kappa shape index (κ2) is 7.40. The molecule has 0 bridgehead atoms. The molecule has 1 amide bonds. The maximum absolute atomic E-state index is 12.9. The Hall–Kier alpha value is -2.50. The predicted octanol–water partition coefficient (Wildman–Crippen LogP) is 3.65. The molecule has 4 nitrogen and oxygen atoms in total. The first-order valence-electron chi connectivity index (χ1n) is 8.70. The van der Waals surface area contributed by atoms with Gasteiger partial charge in [0.2, 0.25) is 0 Å². The van der Waals surface area contributed by atoms with Gasteiger partial charge in [-0.2, -0.15) is 0 Å². The number of halogens is 2. The number of benzene rings is 1. The molecule has 3 rings (SSSR count). The van der Waals surface area contributed by atoms with Gasteiger partial charge in [0.15, 0.2) is 0 Å². The molecule has 1 aromatic heterocycles. The highest BCUT2D eigenvalue weighted by molar-refractivity contribution is 5.95. The molecule has 1 saturated carbocycles. The Morgan fingerprint density at radius 1 is 1.23 bits per heavy atom. The summed E-state index contributed by atoms with van der Waals surface area (Å²) in [6, 6.07) is 11.1. The molecule has 1 heterocycles. The van der Waals surface area contributed by atoms with E-state index in [9.17, 15) is 18.4 Å². The van der Waals surface area contributed by atoms with Crippen molar-refractivity contribution < 1.29 is 18.0 Å². The van der Waals surface area contributed by atoms with Crippen LogP contribution in [0.15, 0.2) is 45.6 Å². The monoisotopic (exact) mass is 361 g/mol. The average Bonchev–Trinajstić information content (AvgIpc) is 2.53. The Kier molecular flexibility index (Phi) is 5.20. The molecule has 2 aromatic rings. The summed E-state index contributed by atoms with van der Waals surface area (Å²) in [6.07, 6.45) is 1.49. The van der Waals surface area contributed by atoms with E-state index in [-0.39, 0.29) is 18.4 Å². The smallest absolute Gasteiger partial charge is 0.349 e. The Labute approximate surface area is 150 Å². The molecule has 26 heavy (non-hydrogen) atoms. The molecule has 0 unspecified atom stereocenters. The van der Waals surface area contributed by atoms with Crippen LogP contribution in [0.25, 0.3) is 0 Å². The SMILES string of the molecule is Cc1cc(CCCc2ccccc2)oc(=O)c1C(=O)NC1CC(F)(F)C1. The minimum atomic E-state index is -2.72. The Balaban J connectivity index is 1.61. The highest BCUT2D eigenvalue weighted by Crippen LogP contribution is 2.37. The van der Waals surface area contributed by atoms with Gasteiger partial charge in [0, 0.05) is 25.3 Å². The summed E-state index contributed by atoms with van der Waals surface area (Å²) in [4.78, 5) is 24.4. The Morgan fingerprint density at radius 3 is 2.54 bits per heavy atom. The van der Waals surface area contributed by atoms with E-state index in [4.69, 9.17) is 4.42 Å². The summed E-state index contributed by atoms with van der Waals surface area (Å²) < 4.78 is 31.0. The third-order valence-corrected chi connectivity index (χ3v) is 4.58. The number of rotatable bonds is 6. The molecule has 0 atom stereocenters. The first-order valence-corrected chi connectivity index (χ1v) is 8.70. The molecule has 0 saturated heterocycles. The number of carbonyl (C=O) groups is 1. The largest absolute Gasteiger partial charge is 0.427 e. The van der Waals surface area contributed by atoms with Crippen molar-refractivity contribution in [3.63, 3.8) is 0 Å². The lowest BCUT2D eigenvalue weighted by Gasteiger charge is -2.35. The summed E-state index contributed by atoms with van der Waals surface area (Å²) >= 11 is 0. The number of aryl methyl sites for hydroxylation is 3. The Morgan fingerprint density at radius 2 is 1.92 bits per heavy atom. The van der Waals surface area contributed by atoms with Crippen LogP contribution in [-0.2, 0) is 12.8 Å². The van der Waals surface area contributed by atoms with Gasteiger partial charge in [-0.15, -0.1) is 0 Å². The zero-order valence-electron chi connectivity index (χ0n) is 14.6. The molecule has 0 aliphatic heterocycles. The van der Waals surface area contributed by atoms with Gasteiger partial charge >= 0.3 is 5.63 Å². The van der Waals surface area contributed by atoms with Gasteiger partial charge < -0.3 is 9.73 Å². The first-order chi connectivity index (χ1) is 12.3. The van der Waals surface area contributed by atoms with Crippen molar-refractivity contribution in [3.05, 3.63) is 69.3 Å². The second-order valence-corrected chi connectivity index (χ2v) is 6.83. The fourth-order valence-corrected chi connectivity index (χ4v) is 3.20. The van der Waals surface area contributed by atoms with Crippen LogP contribution in [0.3, 0.4) is 0 Å². The van der Waals surface area contributed by atoms with Crippen molar-refractivity contribution >= 4 is 5.91 Å². The van der Waals surface area contributed by atoms with Gasteiger partial charge in [0.25, 0.3) is 11.8 Å². The van der Waals surface area contributed by atoms with E-state index in [2.05, 4.69) is 5.32 Å². The first kappa shape index (κ1) is 18.3. The van der Waals surface area contributed by atoms with Crippen LogP contribution in [0, 0.1) is 6.92 Å². The second-order valence-electron chi connectivity index (χ2n) is 6.83. The van der Waals surface area contributed by atoms with Crippen LogP contribution in [0.2, 0.25) is 0 Å². The summed E-state index contributed by atoms with van der Waals surface area (Å²) in [5, 5.41) is 2.48. The van der Waals surface area contributed by atoms with Crippen LogP contribution in [0.1, 0.15) is 46.5 Å². The molecule has 0 spiro atoms. The van der Waals surface area contributed by atoms with Gasteiger partial charge in [0.05, 0.1) is 0 Å². The van der Waals surface area contributed by atoms with Crippen molar-refractivity contribution in [2.75, 3.05) is 0 Å². The minimum Gasteiger partial charge on any atom is -0.427 e. The summed E-state index contributed by atoms with van der Waals surface area (Å²) in [5.41, 5.74) is 0.884. The van der Waals surface area contributed by atoms with E-state index >= 15 is 0 Å². The van der Waals surface area contributed by atoms with Crippen molar-refractivity contribution in [1.82, 2.24) is 5.32 Å². The van der Waals surface area contributed by atoms with Crippen LogP contribution >= 0.6 is 0 Å². The lowest BCUT2D eigenvalue weighted by Crippen LogP contribution is -2.51. The number of carbonyl (C=O) groups excluding carboxylic acids is 1. The van der Waals surface area contributed by atoms with E-state index in [1.807, 2.05) is 30.3 Å². The molecule has 1 N–H and O–H groups in total. The van der Waals surface area contributed by atoms with Gasteiger partial charge in [-0.1, -0.05) is 30.3 Å². The lowest BCUT2D eigenvalue weighted by molar-refractivity contribution is -0.0901. The van der Waals surface area contributed by atoms with Crippen molar-refractivity contribution in [2.24, 2.45) is 0 Å². The molecule has 1 fully saturated rings. The van der Waals surface area contributed by atoms with Crippen molar-refractivity contribution in [3.8, 4) is 0 Å². The van der Waals surface area contributed by atoms with Gasteiger partial charge in [-0.25, -0.2) is 13.6 Å². The van der Waals surface area contributed by atoms with E-state index in [1.54, 1.807) is 13.0 Å². The molecule has 6 heteroatoms. The average molecular weight is 361 g/mol. The van der Waals surface area contributed by atoms with Crippen molar-refractivity contribution in [1.29, 1.82) is 0 Å². The van der Waals surface area contributed by atoms with Gasteiger partial charge in [-0.05, 0) is 37.0 Å².